The van der Waals surface area contributed by atoms with E-state index in [4.69, 9.17) is 0 Å². The Morgan fingerprint density at radius 2 is 2.00 bits per heavy atom. The molecule has 0 spiro atoms. The summed E-state index contributed by atoms with van der Waals surface area (Å²) in [6.07, 6.45) is 5.10. The zero-order valence-corrected chi connectivity index (χ0v) is 13.8. The first-order valence-electron chi connectivity index (χ1n) is 8.46. The van der Waals surface area contributed by atoms with Crippen LogP contribution in [0.5, 0.6) is 0 Å². The van der Waals surface area contributed by atoms with Gasteiger partial charge < -0.3 is 15.1 Å². The molecular weight excluding hydrogens is 276 g/mol. The maximum atomic E-state index is 12.2. The molecule has 1 saturated heterocycles. The van der Waals surface area contributed by atoms with Crippen LogP contribution >= 0.6 is 0 Å². The van der Waals surface area contributed by atoms with Gasteiger partial charge in [0.2, 0.25) is 0 Å². The molecule has 5 nitrogen and oxygen atoms in total. The zero-order valence-electron chi connectivity index (χ0n) is 13.8. The Labute approximate surface area is 133 Å². The van der Waals surface area contributed by atoms with Gasteiger partial charge in [-0.15, -0.1) is 0 Å². The average molecular weight is 304 g/mol. The predicted octanol–water partition coefficient (Wildman–Crippen LogP) is 2.14. The lowest BCUT2D eigenvalue weighted by Gasteiger charge is -2.34. The summed E-state index contributed by atoms with van der Waals surface area (Å²) in [5, 5.41) is 2.99. The predicted molar refractivity (Wildman–Crippen MR) is 90.4 cm³/mol. The number of amides is 1. The summed E-state index contributed by atoms with van der Waals surface area (Å²) in [7, 11) is 0. The van der Waals surface area contributed by atoms with E-state index in [0.29, 0.717) is 5.56 Å². The molecule has 1 amide bonds. The van der Waals surface area contributed by atoms with Crippen molar-refractivity contribution in [3.63, 3.8) is 0 Å². The Morgan fingerprint density at radius 1 is 1.23 bits per heavy atom. The van der Waals surface area contributed by atoms with Crippen molar-refractivity contribution in [1.29, 1.82) is 0 Å². The van der Waals surface area contributed by atoms with Crippen molar-refractivity contribution in [2.24, 2.45) is 0 Å². The van der Waals surface area contributed by atoms with Gasteiger partial charge in [0.15, 0.2) is 0 Å². The Balaban J connectivity index is 1.91. The molecule has 0 atom stereocenters. The van der Waals surface area contributed by atoms with E-state index in [1.54, 1.807) is 12.3 Å². The van der Waals surface area contributed by atoms with Crippen molar-refractivity contribution in [2.45, 2.75) is 33.1 Å². The summed E-state index contributed by atoms with van der Waals surface area (Å²) in [5.74, 6) is 0.920. The second-order valence-corrected chi connectivity index (χ2v) is 5.79. The number of nitrogens with zero attached hydrogens (tertiary/aromatic N) is 3. The summed E-state index contributed by atoms with van der Waals surface area (Å²) in [6.45, 7) is 10.3. The summed E-state index contributed by atoms with van der Waals surface area (Å²) in [5.41, 5.74) is 0.708. The van der Waals surface area contributed by atoms with E-state index in [9.17, 15) is 4.79 Å². The first-order chi connectivity index (χ1) is 10.7. The van der Waals surface area contributed by atoms with Gasteiger partial charge in [0.1, 0.15) is 5.82 Å². The van der Waals surface area contributed by atoms with Gasteiger partial charge >= 0.3 is 0 Å². The number of rotatable bonds is 7. The molecule has 0 unspecified atom stereocenters. The van der Waals surface area contributed by atoms with Crippen molar-refractivity contribution >= 4 is 11.7 Å². The number of carbonyl (C=O) groups is 1. The molecule has 0 radical (unpaired) electrons. The number of aromatic nitrogens is 1. The maximum Gasteiger partial charge on any atom is 0.251 e. The highest BCUT2D eigenvalue weighted by Crippen LogP contribution is 2.15. The fourth-order valence-corrected chi connectivity index (χ4v) is 2.70. The number of unbranched alkanes of at least 4 members (excludes halogenated alkanes) is 2. The van der Waals surface area contributed by atoms with E-state index in [2.05, 4.69) is 33.9 Å². The van der Waals surface area contributed by atoms with E-state index in [1.807, 2.05) is 6.07 Å². The molecule has 1 aliphatic rings. The summed E-state index contributed by atoms with van der Waals surface area (Å²) in [4.78, 5) is 21.3. The van der Waals surface area contributed by atoms with Crippen LogP contribution in [0.25, 0.3) is 0 Å². The van der Waals surface area contributed by atoms with Crippen molar-refractivity contribution in [3.8, 4) is 0 Å². The van der Waals surface area contributed by atoms with Crippen LogP contribution < -0.4 is 10.2 Å². The average Bonchev–Trinajstić information content (AvgIpc) is 2.59. The van der Waals surface area contributed by atoms with E-state index >= 15 is 0 Å². The lowest BCUT2D eigenvalue weighted by Crippen LogP contribution is -2.46. The van der Waals surface area contributed by atoms with Crippen LogP contribution in [0.15, 0.2) is 18.3 Å². The largest absolute Gasteiger partial charge is 0.354 e. The van der Waals surface area contributed by atoms with Gasteiger partial charge in [-0.25, -0.2) is 4.98 Å². The van der Waals surface area contributed by atoms with Crippen LogP contribution in [-0.2, 0) is 0 Å². The van der Waals surface area contributed by atoms with Gasteiger partial charge in [0, 0.05) is 44.5 Å². The number of piperazine rings is 1. The fraction of sp³-hybridized carbons (Fsp3) is 0.647. The molecule has 1 aliphatic heterocycles. The number of anilines is 1. The summed E-state index contributed by atoms with van der Waals surface area (Å²) < 4.78 is 0. The number of carbonyl (C=O) groups excluding carboxylic acids is 1. The van der Waals surface area contributed by atoms with E-state index in [0.717, 1.165) is 57.9 Å². The van der Waals surface area contributed by atoms with E-state index < -0.39 is 0 Å². The van der Waals surface area contributed by atoms with Gasteiger partial charge in [-0.2, -0.15) is 0 Å². The number of nitrogens with one attached hydrogen (secondary N) is 1. The number of hydrogen-bond donors (Lipinski definition) is 1. The maximum absolute atomic E-state index is 12.2. The monoisotopic (exact) mass is 304 g/mol. The highest BCUT2D eigenvalue weighted by atomic mass is 16.1. The van der Waals surface area contributed by atoms with Crippen LogP contribution in [0.3, 0.4) is 0 Å². The van der Waals surface area contributed by atoms with Crippen molar-refractivity contribution in [2.75, 3.05) is 44.2 Å². The fourth-order valence-electron chi connectivity index (χ4n) is 2.70. The minimum absolute atomic E-state index is 0.00643. The van der Waals surface area contributed by atoms with Crippen LogP contribution in [0, 0.1) is 0 Å². The molecule has 0 bridgehead atoms. The molecule has 122 valence electrons. The summed E-state index contributed by atoms with van der Waals surface area (Å²) in [6, 6.07) is 3.71. The lowest BCUT2D eigenvalue weighted by atomic mass is 10.2. The smallest absolute Gasteiger partial charge is 0.251 e. The number of likely N-dealkylation sites (N-methyl/N-ethyl adjacent to an activating group) is 1. The van der Waals surface area contributed by atoms with Gasteiger partial charge in [0.25, 0.3) is 5.91 Å². The highest BCUT2D eigenvalue weighted by Gasteiger charge is 2.17. The SMILES string of the molecule is CCCCCNC(=O)c1ccnc(N2CCN(CC)CC2)c1. The van der Waals surface area contributed by atoms with Gasteiger partial charge in [-0.3, -0.25) is 4.79 Å². The van der Waals surface area contributed by atoms with E-state index in [1.165, 1.54) is 6.42 Å². The quantitative estimate of drug-likeness (QED) is 0.784. The van der Waals surface area contributed by atoms with Gasteiger partial charge in [-0.05, 0) is 25.1 Å². The molecule has 1 aromatic rings. The van der Waals surface area contributed by atoms with Crippen LogP contribution in [-0.4, -0.2) is 55.1 Å². The lowest BCUT2D eigenvalue weighted by molar-refractivity contribution is 0.0953. The molecular formula is C17H28N4O. The Morgan fingerprint density at radius 3 is 2.68 bits per heavy atom. The van der Waals surface area contributed by atoms with Gasteiger partial charge in [-0.1, -0.05) is 26.7 Å². The van der Waals surface area contributed by atoms with Crippen molar-refractivity contribution in [3.05, 3.63) is 23.9 Å². The number of pyridine rings is 1. The molecule has 1 fully saturated rings. The van der Waals surface area contributed by atoms with E-state index in [-0.39, 0.29) is 5.91 Å². The molecule has 0 saturated carbocycles. The molecule has 0 aliphatic carbocycles. The molecule has 2 rings (SSSR count). The number of hydrogen-bond acceptors (Lipinski definition) is 4. The Bertz CT molecular complexity index is 469. The second-order valence-electron chi connectivity index (χ2n) is 5.79. The van der Waals surface area contributed by atoms with Crippen LogP contribution in [0.2, 0.25) is 0 Å². The minimum atomic E-state index is 0.00643. The summed E-state index contributed by atoms with van der Waals surface area (Å²) >= 11 is 0. The van der Waals surface area contributed by atoms with Crippen LogP contribution in [0.1, 0.15) is 43.5 Å². The third-order valence-electron chi connectivity index (χ3n) is 4.22. The standard InChI is InChI=1S/C17H28N4O/c1-3-5-6-8-19-17(22)15-7-9-18-16(14-15)21-12-10-20(4-2)11-13-21/h7,9,14H,3-6,8,10-13H2,1-2H3,(H,19,22). The van der Waals surface area contributed by atoms with Crippen molar-refractivity contribution in [1.82, 2.24) is 15.2 Å². The topological polar surface area (TPSA) is 48.5 Å². The molecule has 1 N–H and O–H groups in total. The normalized spacial score (nSPS) is 15.8. The third kappa shape index (κ3) is 4.70. The highest BCUT2D eigenvalue weighted by molar-refractivity contribution is 5.94. The minimum Gasteiger partial charge on any atom is -0.354 e. The van der Waals surface area contributed by atoms with Gasteiger partial charge in [0.05, 0.1) is 0 Å². The first kappa shape index (κ1) is 16.7. The first-order valence-corrected chi connectivity index (χ1v) is 8.46. The Hall–Kier alpha value is -1.62. The Kier molecular flexibility index (Phi) is 6.65. The van der Waals surface area contributed by atoms with Crippen molar-refractivity contribution < 1.29 is 4.79 Å². The molecule has 0 aromatic carbocycles. The molecule has 2 heterocycles. The third-order valence-corrected chi connectivity index (χ3v) is 4.22. The molecule has 5 heteroatoms. The molecule has 1 aromatic heterocycles. The molecule has 22 heavy (non-hydrogen) atoms. The van der Waals surface area contributed by atoms with Crippen LogP contribution in [0.4, 0.5) is 5.82 Å². The zero-order chi connectivity index (χ0) is 15.8. The second kappa shape index (κ2) is 8.73.